The highest BCUT2D eigenvalue weighted by molar-refractivity contribution is 8.14. The molecule has 1 aliphatic rings. The van der Waals surface area contributed by atoms with Crippen LogP contribution in [0.2, 0.25) is 0 Å². The van der Waals surface area contributed by atoms with Crippen molar-refractivity contribution >= 4 is 16.4 Å². The Morgan fingerprint density at radius 3 is 2.67 bits per heavy atom. The molecule has 0 aromatic heterocycles. The Hall–Kier alpha value is -0.600. The fourth-order valence-corrected chi connectivity index (χ4v) is 3.19. The zero-order chi connectivity index (χ0) is 11.3. The number of nitrogens with zero attached hydrogens (tertiary/aromatic N) is 1. The quantitative estimate of drug-likeness (QED) is 0.610. The van der Waals surface area contributed by atoms with Crippen molar-refractivity contribution in [1.29, 1.82) is 0 Å². The standard InChI is InChI=1S/C11H15NS.C2H6/c1-12-7-8-13(2)11-6-4-3-5-10(11)9-12;1-2/h3-6H,2,7-9H2,1H3;1-2H3. The molecule has 1 nitrogen and oxygen atoms in total. The van der Waals surface area contributed by atoms with E-state index < -0.39 is 0 Å². The minimum absolute atomic E-state index is 0.205. The minimum atomic E-state index is 0.205. The second kappa shape index (κ2) is 6.09. The molecule has 1 heterocycles. The largest absolute Gasteiger partial charge is 0.301 e. The van der Waals surface area contributed by atoms with Crippen molar-refractivity contribution in [3.8, 4) is 0 Å². The van der Waals surface area contributed by atoms with E-state index in [-0.39, 0.29) is 10.5 Å². The summed E-state index contributed by atoms with van der Waals surface area (Å²) in [6.45, 7) is 6.25. The molecule has 0 spiro atoms. The number of rotatable bonds is 0. The average Bonchev–Trinajstić information content (AvgIpc) is 2.42. The van der Waals surface area contributed by atoms with E-state index >= 15 is 0 Å². The predicted octanol–water partition coefficient (Wildman–Crippen LogP) is 3.22. The van der Waals surface area contributed by atoms with Gasteiger partial charge in [-0.05, 0) is 18.7 Å². The van der Waals surface area contributed by atoms with Gasteiger partial charge in [0.15, 0.2) is 0 Å². The van der Waals surface area contributed by atoms with Crippen molar-refractivity contribution in [3.05, 3.63) is 29.8 Å². The number of benzene rings is 1. The maximum absolute atomic E-state index is 4.23. The van der Waals surface area contributed by atoms with Gasteiger partial charge in [-0.2, -0.15) is 10.5 Å². The van der Waals surface area contributed by atoms with Gasteiger partial charge in [0.1, 0.15) is 0 Å². The van der Waals surface area contributed by atoms with Crippen LogP contribution in [0.5, 0.6) is 0 Å². The molecule has 84 valence electrons. The average molecular weight is 223 g/mol. The molecule has 0 N–H and O–H groups in total. The van der Waals surface area contributed by atoms with Crippen LogP contribution in [-0.2, 0) is 6.54 Å². The molecule has 0 saturated heterocycles. The van der Waals surface area contributed by atoms with Gasteiger partial charge in [0.25, 0.3) is 0 Å². The van der Waals surface area contributed by atoms with Crippen LogP contribution in [0.15, 0.2) is 29.2 Å². The van der Waals surface area contributed by atoms with Gasteiger partial charge in [0, 0.05) is 23.7 Å². The number of hydrogen-bond donors (Lipinski definition) is 0. The molecule has 1 aliphatic heterocycles. The topological polar surface area (TPSA) is 3.24 Å². The lowest BCUT2D eigenvalue weighted by Gasteiger charge is -2.12. The molecule has 0 bridgehead atoms. The highest BCUT2D eigenvalue weighted by Crippen LogP contribution is 2.30. The first-order valence-electron chi connectivity index (χ1n) is 5.54. The fourth-order valence-electron chi connectivity index (χ4n) is 1.66. The molecule has 1 unspecified atom stereocenters. The SMILES string of the molecule is C=S1CCN(C)Cc2ccccc21.CC. The number of hydrogen-bond acceptors (Lipinski definition) is 1. The van der Waals surface area contributed by atoms with Crippen molar-refractivity contribution in [2.75, 3.05) is 19.3 Å². The predicted molar refractivity (Wildman–Crippen MR) is 72.0 cm³/mol. The molecule has 1 aromatic carbocycles. The third kappa shape index (κ3) is 3.18. The van der Waals surface area contributed by atoms with Crippen LogP contribution in [0, 0.1) is 0 Å². The molecule has 1 atom stereocenters. The van der Waals surface area contributed by atoms with E-state index in [1.54, 1.807) is 0 Å². The zero-order valence-electron chi connectivity index (χ0n) is 9.99. The van der Waals surface area contributed by atoms with Gasteiger partial charge < -0.3 is 4.90 Å². The highest BCUT2D eigenvalue weighted by Gasteiger charge is 2.11. The van der Waals surface area contributed by atoms with Crippen LogP contribution in [0.3, 0.4) is 0 Å². The van der Waals surface area contributed by atoms with Crippen LogP contribution >= 0.6 is 10.5 Å². The summed E-state index contributed by atoms with van der Waals surface area (Å²) in [4.78, 5) is 3.84. The zero-order valence-corrected chi connectivity index (χ0v) is 10.8. The minimum Gasteiger partial charge on any atom is -0.301 e. The summed E-state index contributed by atoms with van der Waals surface area (Å²) in [6.07, 6.45) is 0. The first kappa shape index (κ1) is 12.5. The van der Waals surface area contributed by atoms with Crippen molar-refractivity contribution in [2.24, 2.45) is 0 Å². The van der Waals surface area contributed by atoms with Crippen molar-refractivity contribution in [3.63, 3.8) is 0 Å². The van der Waals surface area contributed by atoms with Crippen LogP contribution in [0.1, 0.15) is 19.4 Å². The Morgan fingerprint density at radius 1 is 1.27 bits per heavy atom. The Balaban J connectivity index is 0.000000531. The summed E-state index contributed by atoms with van der Waals surface area (Å²) in [6, 6.07) is 8.69. The van der Waals surface area contributed by atoms with E-state index in [9.17, 15) is 0 Å². The van der Waals surface area contributed by atoms with Gasteiger partial charge in [-0.25, -0.2) is 0 Å². The Labute approximate surface area is 96.0 Å². The maximum atomic E-state index is 4.23. The summed E-state index contributed by atoms with van der Waals surface area (Å²) in [5.41, 5.74) is 1.46. The molecule has 0 fully saturated rings. The summed E-state index contributed by atoms with van der Waals surface area (Å²) in [5, 5.41) is 0. The van der Waals surface area contributed by atoms with E-state index in [0.29, 0.717) is 0 Å². The highest BCUT2D eigenvalue weighted by atomic mass is 32.2. The van der Waals surface area contributed by atoms with E-state index in [2.05, 4.69) is 42.1 Å². The monoisotopic (exact) mass is 223 g/mol. The van der Waals surface area contributed by atoms with Gasteiger partial charge in [-0.15, -0.1) is 0 Å². The van der Waals surface area contributed by atoms with Gasteiger partial charge in [0.05, 0.1) is 0 Å². The van der Waals surface area contributed by atoms with Crippen LogP contribution < -0.4 is 0 Å². The van der Waals surface area contributed by atoms with E-state index in [4.69, 9.17) is 0 Å². The van der Waals surface area contributed by atoms with Gasteiger partial charge in [0.2, 0.25) is 0 Å². The molecule has 1 aromatic rings. The normalized spacial score (nSPS) is 20.9. The third-order valence-electron chi connectivity index (χ3n) is 2.44. The van der Waals surface area contributed by atoms with E-state index in [1.807, 2.05) is 13.8 Å². The lowest BCUT2D eigenvalue weighted by molar-refractivity contribution is 0.349. The van der Waals surface area contributed by atoms with Crippen LogP contribution in [0.4, 0.5) is 0 Å². The Morgan fingerprint density at radius 2 is 1.93 bits per heavy atom. The van der Waals surface area contributed by atoms with Crippen LogP contribution in [0.25, 0.3) is 0 Å². The summed E-state index contributed by atoms with van der Waals surface area (Å²) in [5.74, 6) is 5.44. The molecular formula is C13H21NS. The van der Waals surface area contributed by atoms with Crippen molar-refractivity contribution < 1.29 is 0 Å². The van der Waals surface area contributed by atoms with Gasteiger partial charge in [-0.1, -0.05) is 37.9 Å². The lowest BCUT2D eigenvalue weighted by atomic mass is 10.2. The first-order valence-corrected chi connectivity index (χ1v) is 7.10. The fraction of sp³-hybridized carbons (Fsp3) is 0.462. The second-order valence-electron chi connectivity index (χ2n) is 3.54. The van der Waals surface area contributed by atoms with Gasteiger partial charge >= 0.3 is 0 Å². The molecule has 0 saturated carbocycles. The maximum Gasteiger partial charge on any atom is 0.0241 e. The molecule has 0 aliphatic carbocycles. The summed E-state index contributed by atoms with van der Waals surface area (Å²) >= 11 is 0. The smallest absolute Gasteiger partial charge is 0.0241 e. The Bertz CT molecular complexity index is 333. The van der Waals surface area contributed by atoms with Crippen LogP contribution in [-0.4, -0.2) is 30.1 Å². The van der Waals surface area contributed by atoms with E-state index in [1.165, 1.54) is 22.8 Å². The summed E-state index contributed by atoms with van der Waals surface area (Å²) in [7, 11) is 2.38. The summed E-state index contributed by atoms with van der Waals surface area (Å²) < 4.78 is 0. The lowest BCUT2D eigenvalue weighted by Crippen LogP contribution is -2.18. The first-order chi connectivity index (χ1) is 7.27. The number of fused-ring (bicyclic) bond motifs is 1. The van der Waals surface area contributed by atoms with E-state index in [0.717, 1.165) is 6.54 Å². The molecule has 2 rings (SSSR count). The molecule has 15 heavy (non-hydrogen) atoms. The van der Waals surface area contributed by atoms with Crippen molar-refractivity contribution in [1.82, 2.24) is 4.90 Å². The molecule has 0 amide bonds. The third-order valence-corrected chi connectivity index (χ3v) is 4.14. The molecular weight excluding hydrogens is 202 g/mol. The second-order valence-corrected chi connectivity index (χ2v) is 5.38. The Kier molecular flexibility index (Phi) is 5.06. The molecule has 0 radical (unpaired) electrons. The van der Waals surface area contributed by atoms with Crippen molar-refractivity contribution in [2.45, 2.75) is 25.3 Å². The van der Waals surface area contributed by atoms with Gasteiger partial charge in [-0.3, -0.25) is 0 Å². The molecule has 2 heteroatoms.